The molecule has 0 fully saturated rings. The van der Waals surface area contributed by atoms with Crippen molar-refractivity contribution in [3.05, 3.63) is 29.3 Å². The summed E-state index contributed by atoms with van der Waals surface area (Å²) in [6.07, 6.45) is 0. The van der Waals surface area contributed by atoms with E-state index >= 15 is 0 Å². The van der Waals surface area contributed by atoms with Crippen LogP contribution in [0.2, 0.25) is 0 Å². The fraction of sp³-hybridized carbons (Fsp3) is 0.333. The molecule has 1 aromatic heterocycles. The van der Waals surface area contributed by atoms with Crippen molar-refractivity contribution < 1.29 is 9.47 Å². The zero-order chi connectivity index (χ0) is 14.7. The molecule has 0 saturated carbocycles. The smallest absolute Gasteiger partial charge is 0.151 e. The van der Waals surface area contributed by atoms with E-state index in [0.717, 1.165) is 39.7 Å². The third-order valence-electron chi connectivity index (χ3n) is 3.42. The molecule has 5 heteroatoms. The molecule has 0 spiro atoms. The average molecular weight is 273 g/mol. The van der Waals surface area contributed by atoms with E-state index in [0.29, 0.717) is 0 Å². The van der Waals surface area contributed by atoms with Gasteiger partial charge in [0.05, 0.1) is 19.9 Å². The predicted molar refractivity (Wildman–Crippen MR) is 79.6 cm³/mol. The Morgan fingerprint density at radius 2 is 1.75 bits per heavy atom. The first-order chi connectivity index (χ1) is 9.62. The summed E-state index contributed by atoms with van der Waals surface area (Å²) in [5, 5.41) is 11.6. The Morgan fingerprint density at radius 3 is 2.35 bits per heavy atom. The Balaban J connectivity index is 2.59. The lowest BCUT2D eigenvalue weighted by atomic mass is 10.0. The largest absolute Gasteiger partial charge is 0.497 e. The van der Waals surface area contributed by atoms with Crippen molar-refractivity contribution in [3.8, 4) is 22.8 Å². The number of ether oxygens (including phenoxy) is 2. The molecular weight excluding hydrogens is 254 g/mol. The van der Waals surface area contributed by atoms with Crippen molar-refractivity contribution in [1.82, 2.24) is 10.2 Å². The van der Waals surface area contributed by atoms with E-state index in [4.69, 9.17) is 9.47 Å². The van der Waals surface area contributed by atoms with Gasteiger partial charge < -0.3 is 14.8 Å². The van der Waals surface area contributed by atoms with Gasteiger partial charge in [-0.15, -0.1) is 10.2 Å². The molecule has 2 rings (SSSR count). The molecule has 1 heterocycles. The molecule has 1 aromatic carbocycles. The van der Waals surface area contributed by atoms with Crippen LogP contribution in [0, 0.1) is 13.8 Å². The standard InChI is InChI=1S/C15H19N3O2/c1-9-10(2)15(16-3)18-17-14(9)12-7-6-11(19-4)8-13(12)20-5/h6-8H,1-5H3,(H,16,18). The molecule has 1 N–H and O–H groups in total. The van der Waals surface area contributed by atoms with E-state index in [1.807, 2.05) is 39.1 Å². The number of hydrogen-bond donors (Lipinski definition) is 1. The Bertz CT molecular complexity index is 627. The van der Waals surface area contributed by atoms with E-state index in [2.05, 4.69) is 15.5 Å². The van der Waals surface area contributed by atoms with Gasteiger partial charge in [-0.1, -0.05) is 0 Å². The summed E-state index contributed by atoms with van der Waals surface area (Å²) in [5.74, 6) is 2.26. The van der Waals surface area contributed by atoms with Crippen LogP contribution >= 0.6 is 0 Å². The van der Waals surface area contributed by atoms with E-state index < -0.39 is 0 Å². The van der Waals surface area contributed by atoms with Crippen LogP contribution in [-0.2, 0) is 0 Å². The summed E-state index contributed by atoms with van der Waals surface area (Å²) in [4.78, 5) is 0. The topological polar surface area (TPSA) is 56.3 Å². The summed E-state index contributed by atoms with van der Waals surface area (Å²) < 4.78 is 10.6. The van der Waals surface area contributed by atoms with Crippen LogP contribution < -0.4 is 14.8 Å². The Labute approximate surface area is 118 Å². The summed E-state index contributed by atoms with van der Waals surface area (Å²) in [7, 11) is 5.10. The molecule has 0 amide bonds. The normalized spacial score (nSPS) is 10.2. The average Bonchev–Trinajstić information content (AvgIpc) is 2.49. The maximum Gasteiger partial charge on any atom is 0.151 e. The maximum absolute atomic E-state index is 5.43. The van der Waals surface area contributed by atoms with Crippen molar-refractivity contribution >= 4 is 5.82 Å². The summed E-state index contributed by atoms with van der Waals surface area (Å²) >= 11 is 0. The molecule has 0 radical (unpaired) electrons. The zero-order valence-electron chi connectivity index (χ0n) is 12.4. The molecule has 0 saturated heterocycles. The fourth-order valence-corrected chi connectivity index (χ4v) is 2.09. The van der Waals surface area contributed by atoms with Gasteiger partial charge in [-0.2, -0.15) is 0 Å². The Hall–Kier alpha value is -2.30. The highest BCUT2D eigenvalue weighted by Crippen LogP contribution is 2.35. The van der Waals surface area contributed by atoms with Crippen LogP contribution in [0.25, 0.3) is 11.3 Å². The van der Waals surface area contributed by atoms with E-state index in [1.54, 1.807) is 14.2 Å². The predicted octanol–water partition coefficient (Wildman–Crippen LogP) is 2.82. The van der Waals surface area contributed by atoms with Crippen molar-refractivity contribution in [3.63, 3.8) is 0 Å². The van der Waals surface area contributed by atoms with Crippen molar-refractivity contribution in [2.45, 2.75) is 13.8 Å². The number of methoxy groups -OCH3 is 2. The molecule has 0 bridgehead atoms. The van der Waals surface area contributed by atoms with E-state index in [-0.39, 0.29) is 0 Å². The molecule has 0 aliphatic rings. The van der Waals surface area contributed by atoms with Crippen molar-refractivity contribution in [1.29, 1.82) is 0 Å². The molecular formula is C15H19N3O2. The number of nitrogens with one attached hydrogen (secondary N) is 1. The molecule has 0 atom stereocenters. The van der Waals surface area contributed by atoms with Gasteiger partial charge in [0.25, 0.3) is 0 Å². The lowest BCUT2D eigenvalue weighted by molar-refractivity contribution is 0.395. The maximum atomic E-state index is 5.43. The van der Waals surface area contributed by atoms with Gasteiger partial charge >= 0.3 is 0 Å². The quantitative estimate of drug-likeness (QED) is 0.928. The lowest BCUT2D eigenvalue weighted by Crippen LogP contribution is -2.03. The van der Waals surface area contributed by atoms with E-state index in [9.17, 15) is 0 Å². The van der Waals surface area contributed by atoms with Gasteiger partial charge in [0.1, 0.15) is 11.5 Å². The highest BCUT2D eigenvalue weighted by atomic mass is 16.5. The van der Waals surface area contributed by atoms with Crippen LogP contribution in [0.4, 0.5) is 5.82 Å². The number of rotatable bonds is 4. The SMILES string of the molecule is CNc1nnc(-c2ccc(OC)cc2OC)c(C)c1C. The molecule has 20 heavy (non-hydrogen) atoms. The first-order valence-electron chi connectivity index (χ1n) is 6.36. The molecule has 0 aliphatic heterocycles. The minimum Gasteiger partial charge on any atom is -0.497 e. The number of aromatic nitrogens is 2. The number of benzene rings is 1. The molecule has 106 valence electrons. The fourth-order valence-electron chi connectivity index (χ4n) is 2.09. The minimum atomic E-state index is 0.721. The molecule has 0 aliphatic carbocycles. The van der Waals surface area contributed by atoms with E-state index in [1.165, 1.54) is 0 Å². The Morgan fingerprint density at radius 1 is 1.00 bits per heavy atom. The van der Waals surface area contributed by atoms with Crippen molar-refractivity contribution in [2.75, 3.05) is 26.6 Å². The summed E-state index contributed by atoms with van der Waals surface area (Å²) in [5.41, 5.74) is 3.88. The highest BCUT2D eigenvalue weighted by molar-refractivity contribution is 5.73. The monoisotopic (exact) mass is 273 g/mol. The van der Waals surface area contributed by atoms with Crippen LogP contribution in [0.3, 0.4) is 0 Å². The summed E-state index contributed by atoms with van der Waals surface area (Å²) in [6, 6.07) is 5.67. The molecule has 0 unspecified atom stereocenters. The second kappa shape index (κ2) is 5.77. The van der Waals surface area contributed by atoms with Gasteiger partial charge in [-0.3, -0.25) is 0 Å². The lowest BCUT2D eigenvalue weighted by Gasteiger charge is -2.14. The third kappa shape index (κ3) is 2.39. The molecule has 5 nitrogen and oxygen atoms in total. The minimum absolute atomic E-state index is 0.721. The van der Waals surface area contributed by atoms with Crippen LogP contribution in [-0.4, -0.2) is 31.5 Å². The van der Waals surface area contributed by atoms with Gasteiger partial charge in [-0.05, 0) is 37.1 Å². The van der Waals surface area contributed by atoms with Gasteiger partial charge in [-0.25, -0.2) is 0 Å². The Kier molecular flexibility index (Phi) is 4.08. The molecule has 2 aromatic rings. The van der Waals surface area contributed by atoms with Crippen LogP contribution in [0.15, 0.2) is 18.2 Å². The first-order valence-corrected chi connectivity index (χ1v) is 6.36. The van der Waals surface area contributed by atoms with Gasteiger partial charge in [0.15, 0.2) is 5.82 Å². The number of nitrogens with zero attached hydrogens (tertiary/aromatic N) is 2. The first kappa shape index (κ1) is 14.1. The van der Waals surface area contributed by atoms with Crippen LogP contribution in [0.1, 0.15) is 11.1 Å². The highest BCUT2D eigenvalue weighted by Gasteiger charge is 2.15. The number of anilines is 1. The van der Waals surface area contributed by atoms with Gasteiger partial charge in [0, 0.05) is 18.7 Å². The third-order valence-corrected chi connectivity index (χ3v) is 3.42. The second-order valence-electron chi connectivity index (χ2n) is 4.46. The summed E-state index contributed by atoms with van der Waals surface area (Å²) in [6.45, 7) is 4.05. The van der Waals surface area contributed by atoms with Crippen molar-refractivity contribution in [2.24, 2.45) is 0 Å². The zero-order valence-corrected chi connectivity index (χ0v) is 12.4. The van der Waals surface area contributed by atoms with Crippen LogP contribution in [0.5, 0.6) is 11.5 Å². The second-order valence-corrected chi connectivity index (χ2v) is 4.46. The number of hydrogen-bond acceptors (Lipinski definition) is 5. The van der Waals surface area contributed by atoms with Gasteiger partial charge in [0.2, 0.25) is 0 Å².